The third-order valence-corrected chi connectivity index (χ3v) is 4.00. The van der Waals surface area contributed by atoms with Gasteiger partial charge in [-0.05, 0) is 43.3 Å². The summed E-state index contributed by atoms with van der Waals surface area (Å²) in [4.78, 5) is 40.9. The van der Waals surface area contributed by atoms with Crippen LogP contribution in [0.2, 0.25) is 5.02 Å². The molecule has 0 fully saturated rings. The van der Waals surface area contributed by atoms with Crippen LogP contribution in [0.5, 0.6) is 0 Å². The van der Waals surface area contributed by atoms with Gasteiger partial charge >= 0.3 is 5.97 Å². The maximum Gasteiger partial charge on any atom is 0.341 e. The molecule has 1 aromatic carbocycles. The number of halogens is 1. The van der Waals surface area contributed by atoms with Gasteiger partial charge in [0.2, 0.25) is 0 Å². The summed E-state index contributed by atoms with van der Waals surface area (Å²) >= 11 is 5.75. The monoisotopic (exact) mass is 413 g/mol. The fourth-order valence-electron chi connectivity index (χ4n) is 2.32. The Morgan fingerprint density at radius 1 is 1.07 bits per heavy atom. The highest BCUT2D eigenvalue weighted by Gasteiger charge is 2.22. The van der Waals surface area contributed by atoms with Crippen molar-refractivity contribution < 1.29 is 23.5 Å². The highest BCUT2D eigenvalue weighted by molar-refractivity contribution is 6.30. The maximum atomic E-state index is 12.5. The van der Waals surface area contributed by atoms with Crippen LogP contribution in [0.3, 0.4) is 0 Å². The summed E-state index contributed by atoms with van der Waals surface area (Å²) in [5.74, 6) is -1.49. The van der Waals surface area contributed by atoms with E-state index in [4.69, 9.17) is 20.8 Å². The predicted molar refractivity (Wildman–Crippen MR) is 106 cm³/mol. The Bertz CT molecular complexity index is 1020. The molecule has 0 aliphatic rings. The third kappa shape index (κ3) is 5.20. The topological polar surface area (TPSA) is 111 Å². The van der Waals surface area contributed by atoms with Crippen LogP contribution in [-0.4, -0.2) is 28.9 Å². The van der Waals surface area contributed by atoms with Crippen LogP contribution in [0.4, 0.5) is 11.5 Å². The van der Waals surface area contributed by atoms with E-state index in [1.807, 2.05) is 0 Å². The fourth-order valence-corrected chi connectivity index (χ4v) is 2.43. The van der Waals surface area contributed by atoms with Crippen molar-refractivity contribution >= 4 is 40.9 Å². The quantitative estimate of drug-likeness (QED) is 0.595. The van der Waals surface area contributed by atoms with Crippen LogP contribution in [0, 0.1) is 0 Å². The standard InChI is InChI=1S/C20H16ClN3O5/c1-12(18(25)24-17-9-8-13(21)11-22-17)29-20(27)14-5-2-3-6-15(14)23-19(26)16-7-4-10-28-16/h2-12H,1H3,(H,23,26)(H,22,24,25)/t12-/m0/s1. The molecule has 148 valence electrons. The normalized spacial score (nSPS) is 11.4. The number of pyridine rings is 1. The Morgan fingerprint density at radius 3 is 2.55 bits per heavy atom. The second-order valence-electron chi connectivity index (χ2n) is 5.88. The van der Waals surface area contributed by atoms with Crippen molar-refractivity contribution in [2.45, 2.75) is 13.0 Å². The molecule has 2 N–H and O–H groups in total. The van der Waals surface area contributed by atoms with E-state index in [1.54, 1.807) is 30.3 Å². The van der Waals surface area contributed by atoms with Crippen molar-refractivity contribution in [1.29, 1.82) is 0 Å². The summed E-state index contributed by atoms with van der Waals surface area (Å²) in [6.45, 7) is 1.42. The van der Waals surface area contributed by atoms with Gasteiger partial charge in [-0.1, -0.05) is 23.7 Å². The Hall–Kier alpha value is -3.65. The number of nitrogens with one attached hydrogen (secondary N) is 2. The van der Waals surface area contributed by atoms with E-state index in [1.165, 1.54) is 37.6 Å². The van der Waals surface area contributed by atoms with Gasteiger partial charge in [-0.15, -0.1) is 0 Å². The molecule has 3 aromatic rings. The molecule has 2 amide bonds. The van der Waals surface area contributed by atoms with E-state index in [-0.39, 0.29) is 22.8 Å². The Kier molecular flexibility index (Phi) is 6.25. The number of esters is 1. The number of furan rings is 1. The van der Waals surface area contributed by atoms with Crippen LogP contribution in [0.1, 0.15) is 27.8 Å². The zero-order chi connectivity index (χ0) is 20.8. The van der Waals surface area contributed by atoms with Gasteiger partial charge in [-0.3, -0.25) is 9.59 Å². The first-order chi connectivity index (χ1) is 13.9. The summed E-state index contributed by atoms with van der Waals surface area (Å²) < 4.78 is 10.3. The molecule has 0 aliphatic carbocycles. The van der Waals surface area contributed by atoms with Gasteiger partial charge in [0.05, 0.1) is 22.5 Å². The second-order valence-corrected chi connectivity index (χ2v) is 6.31. The van der Waals surface area contributed by atoms with Crippen LogP contribution < -0.4 is 10.6 Å². The van der Waals surface area contributed by atoms with Crippen molar-refractivity contribution in [2.75, 3.05) is 10.6 Å². The lowest BCUT2D eigenvalue weighted by Gasteiger charge is -2.15. The van der Waals surface area contributed by atoms with Crippen molar-refractivity contribution in [3.05, 3.63) is 77.3 Å². The van der Waals surface area contributed by atoms with Gasteiger partial charge in [0.15, 0.2) is 11.9 Å². The van der Waals surface area contributed by atoms with Crippen molar-refractivity contribution in [3.63, 3.8) is 0 Å². The number of hydrogen-bond acceptors (Lipinski definition) is 6. The number of para-hydroxylation sites is 1. The van der Waals surface area contributed by atoms with E-state index in [0.717, 1.165) is 0 Å². The molecular formula is C20H16ClN3O5. The van der Waals surface area contributed by atoms with Gasteiger partial charge in [-0.25, -0.2) is 9.78 Å². The molecule has 2 heterocycles. The van der Waals surface area contributed by atoms with E-state index in [9.17, 15) is 14.4 Å². The highest BCUT2D eigenvalue weighted by Crippen LogP contribution is 2.19. The molecule has 0 spiro atoms. The number of benzene rings is 1. The van der Waals surface area contributed by atoms with Crippen LogP contribution in [-0.2, 0) is 9.53 Å². The average Bonchev–Trinajstić information content (AvgIpc) is 3.25. The number of carbonyl (C=O) groups is 3. The van der Waals surface area contributed by atoms with Gasteiger partial charge in [0.25, 0.3) is 11.8 Å². The average molecular weight is 414 g/mol. The molecular weight excluding hydrogens is 398 g/mol. The number of nitrogens with zero attached hydrogens (tertiary/aromatic N) is 1. The molecule has 0 unspecified atom stereocenters. The Morgan fingerprint density at radius 2 is 1.86 bits per heavy atom. The number of hydrogen-bond donors (Lipinski definition) is 2. The molecule has 3 rings (SSSR count). The molecule has 0 aliphatic heterocycles. The van der Waals surface area contributed by atoms with E-state index < -0.39 is 23.9 Å². The van der Waals surface area contributed by atoms with Gasteiger partial charge in [-0.2, -0.15) is 0 Å². The number of amides is 2. The number of anilines is 2. The molecule has 0 radical (unpaired) electrons. The number of ether oxygens (including phenoxy) is 1. The zero-order valence-electron chi connectivity index (χ0n) is 15.2. The minimum absolute atomic E-state index is 0.0939. The lowest BCUT2D eigenvalue weighted by molar-refractivity contribution is -0.123. The van der Waals surface area contributed by atoms with Crippen molar-refractivity contribution in [1.82, 2.24) is 4.98 Å². The summed E-state index contributed by atoms with van der Waals surface area (Å²) in [5.41, 5.74) is 0.322. The molecule has 0 saturated heterocycles. The summed E-state index contributed by atoms with van der Waals surface area (Å²) in [6, 6.07) is 12.4. The highest BCUT2D eigenvalue weighted by atomic mass is 35.5. The lowest BCUT2D eigenvalue weighted by Crippen LogP contribution is -2.30. The first-order valence-corrected chi connectivity index (χ1v) is 8.89. The molecule has 29 heavy (non-hydrogen) atoms. The van der Waals surface area contributed by atoms with Crippen LogP contribution >= 0.6 is 11.6 Å². The minimum atomic E-state index is -1.10. The van der Waals surface area contributed by atoms with Gasteiger partial charge in [0, 0.05) is 6.20 Å². The second kappa shape index (κ2) is 9.03. The third-order valence-electron chi connectivity index (χ3n) is 3.77. The summed E-state index contributed by atoms with van der Waals surface area (Å²) in [7, 11) is 0. The number of rotatable bonds is 6. The van der Waals surface area contributed by atoms with Gasteiger partial charge < -0.3 is 19.8 Å². The predicted octanol–water partition coefficient (Wildman–Crippen LogP) is 3.76. The summed E-state index contributed by atoms with van der Waals surface area (Å²) in [5, 5.41) is 5.53. The Labute approximate surface area is 170 Å². The maximum absolute atomic E-state index is 12.5. The van der Waals surface area contributed by atoms with Gasteiger partial charge in [0.1, 0.15) is 5.82 Å². The van der Waals surface area contributed by atoms with Crippen molar-refractivity contribution in [3.8, 4) is 0 Å². The van der Waals surface area contributed by atoms with E-state index in [2.05, 4.69) is 15.6 Å². The Balaban J connectivity index is 1.66. The first-order valence-electron chi connectivity index (χ1n) is 8.51. The fraction of sp³-hybridized carbons (Fsp3) is 0.100. The minimum Gasteiger partial charge on any atom is -0.459 e. The van der Waals surface area contributed by atoms with Crippen LogP contribution in [0.25, 0.3) is 0 Å². The summed E-state index contributed by atoms with van der Waals surface area (Å²) in [6.07, 6.45) is 1.64. The number of carbonyl (C=O) groups excluding carboxylic acids is 3. The lowest BCUT2D eigenvalue weighted by atomic mass is 10.1. The molecule has 0 saturated carbocycles. The first kappa shape index (κ1) is 20.1. The molecule has 2 aromatic heterocycles. The van der Waals surface area contributed by atoms with E-state index in [0.29, 0.717) is 5.02 Å². The van der Waals surface area contributed by atoms with E-state index >= 15 is 0 Å². The number of aromatic nitrogens is 1. The van der Waals surface area contributed by atoms with Crippen molar-refractivity contribution in [2.24, 2.45) is 0 Å². The SMILES string of the molecule is C[C@H](OC(=O)c1ccccc1NC(=O)c1ccco1)C(=O)Nc1ccc(Cl)cn1. The molecule has 9 heteroatoms. The molecule has 8 nitrogen and oxygen atoms in total. The largest absolute Gasteiger partial charge is 0.459 e. The van der Waals surface area contributed by atoms with Crippen LogP contribution in [0.15, 0.2) is 65.4 Å². The smallest absolute Gasteiger partial charge is 0.341 e. The molecule has 1 atom stereocenters. The zero-order valence-corrected chi connectivity index (χ0v) is 16.0. The molecule has 0 bridgehead atoms.